The Kier molecular flexibility index (Phi) is 3.27. The van der Waals surface area contributed by atoms with E-state index in [1.54, 1.807) is 0 Å². The lowest BCUT2D eigenvalue weighted by Gasteiger charge is -2.00. The summed E-state index contributed by atoms with van der Waals surface area (Å²) in [6.07, 6.45) is 1.46. The Balaban J connectivity index is 1.98. The molecule has 0 spiro atoms. The van der Waals surface area contributed by atoms with Crippen molar-refractivity contribution < 1.29 is 20.1 Å². The second-order valence-electron chi connectivity index (χ2n) is 4.70. The molecule has 110 valence electrons. The number of aromatic carboxylic acids is 1. The van der Waals surface area contributed by atoms with Crippen molar-refractivity contribution in [3.8, 4) is 11.6 Å². The molecule has 22 heavy (non-hydrogen) atoms. The van der Waals surface area contributed by atoms with Crippen LogP contribution >= 0.6 is 0 Å². The van der Waals surface area contributed by atoms with Crippen molar-refractivity contribution in [2.45, 2.75) is 0 Å². The highest BCUT2D eigenvalue weighted by atomic mass is 16.4. The van der Waals surface area contributed by atoms with Crippen LogP contribution in [0, 0.1) is 0 Å². The normalized spacial score (nSPS) is 11.3. The number of benzene rings is 2. The number of H-pyrrole nitrogens is 1. The molecule has 0 unspecified atom stereocenters. The number of phenols is 1. The van der Waals surface area contributed by atoms with Gasteiger partial charge in [0, 0.05) is 23.2 Å². The molecule has 0 atom stereocenters. The van der Waals surface area contributed by atoms with Crippen molar-refractivity contribution in [3.05, 3.63) is 53.6 Å². The minimum absolute atomic E-state index is 0.00340. The van der Waals surface area contributed by atoms with Crippen LogP contribution in [0.25, 0.3) is 10.9 Å². The zero-order valence-corrected chi connectivity index (χ0v) is 11.3. The average molecular weight is 296 g/mol. The number of aromatic nitrogens is 1. The first-order valence-electron chi connectivity index (χ1n) is 6.46. The fraction of sp³-hybridized carbons (Fsp3) is 0. The van der Waals surface area contributed by atoms with E-state index < -0.39 is 5.97 Å². The number of carbonyl (C=O) groups is 1. The first-order chi connectivity index (χ1) is 10.6. The molecule has 6 heteroatoms. The van der Waals surface area contributed by atoms with E-state index in [0.29, 0.717) is 11.3 Å². The van der Waals surface area contributed by atoms with Crippen LogP contribution in [0.4, 0.5) is 5.69 Å². The molecule has 0 fully saturated rings. The maximum atomic E-state index is 10.8. The Morgan fingerprint density at radius 1 is 1.14 bits per heavy atom. The van der Waals surface area contributed by atoms with E-state index >= 15 is 0 Å². The maximum absolute atomic E-state index is 10.8. The molecule has 0 amide bonds. The van der Waals surface area contributed by atoms with Gasteiger partial charge in [0.2, 0.25) is 0 Å². The van der Waals surface area contributed by atoms with E-state index in [1.165, 1.54) is 24.4 Å². The van der Waals surface area contributed by atoms with E-state index in [0.717, 1.165) is 10.9 Å². The highest BCUT2D eigenvalue weighted by molar-refractivity contribution is 6.02. The van der Waals surface area contributed by atoms with Gasteiger partial charge < -0.3 is 20.3 Å². The predicted octanol–water partition coefficient (Wildman–Crippen LogP) is 3.03. The molecule has 0 bridgehead atoms. The van der Waals surface area contributed by atoms with Crippen molar-refractivity contribution in [2.24, 2.45) is 4.99 Å². The third-order valence-electron chi connectivity index (χ3n) is 3.28. The number of nitrogens with zero attached hydrogens (tertiary/aromatic N) is 1. The largest absolute Gasteiger partial charge is 0.507 e. The molecule has 0 saturated heterocycles. The fourth-order valence-corrected chi connectivity index (χ4v) is 2.20. The first-order valence-corrected chi connectivity index (χ1v) is 6.46. The number of hydrogen-bond acceptors (Lipinski definition) is 4. The molecule has 2 aromatic carbocycles. The SMILES string of the molecule is O=C(O)c1ccc(N=Cc2c(O)[nH]c3ccccc23)cc1O. The molecule has 4 N–H and O–H groups in total. The van der Waals surface area contributed by atoms with Crippen LogP contribution < -0.4 is 0 Å². The summed E-state index contributed by atoms with van der Waals surface area (Å²) in [5.74, 6) is -1.57. The van der Waals surface area contributed by atoms with Gasteiger partial charge in [0.1, 0.15) is 11.3 Å². The molecule has 6 nitrogen and oxygen atoms in total. The highest BCUT2D eigenvalue weighted by Gasteiger charge is 2.10. The van der Waals surface area contributed by atoms with Gasteiger partial charge in [0.25, 0.3) is 0 Å². The third-order valence-corrected chi connectivity index (χ3v) is 3.28. The van der Waals surface area contributed by atoms with Crippen LogP contribution in [0.1, 0.15) is 15.9 Å². The maximum Gasteiger partial charge on any atom is 0.339 e. The van der Waals surface area contributed by atoms with Crippen LogP contribution in [0.2, 0.25) is 0 Å². The zero-order chi connectivity index (χ0) is 15.7. The van der Waals surface area contributed by atoms with Gasteiger partial charge in [-0.05, 0) is 18.2 Å². The fourth-order valence-electron chi connectivity index (χ4n) is 2.20. The lowest BCUT2D eigenvalue weighted by molar-refractivity contribution is 0.0694. The molecule has 3 rings (SSSR count). The Hall–Kier alpha value is -3.28. The van der Waals surface area contributed by atoms with Gasteiger partial charge >= 0.3 is 5.97 Å². The van der Waals surface area contributed by atoms with Gasteiger partial charge in [0.05, 0.1) is 11.3 Å². The predicted molar refractivity (Wildman–Crippen MR) is 82.3 cm³/mol. The van der Waals surface area contributed by atoms with E-state index in [-0.39, 0.29) is 17.2 Å². The molecule has 0 radical (unpaired) electrons. The number of fused-ring (bicyclic) bond motifs is 1. The molecular formula is C16H12N2O4. The van der Waals surface area contributed by atoms with E-state index in [4.69, 9.17) is 5.11 Å². The lowest BCUT2D eigenvalue weighted by atomic mass is 10.1. The summed E-state index contributed by atoms with van der Waals surface area (Å²) >= 11 is 0. The van der Waals surface area contributed by atoms with Crippen LogP contribution in [0.5, 0.6) is 11.6 Å². The Morgan fingerprint density at radius 2 is 1.91 bits per heavy atom. The summed E-state index contributed by atoms with van der Waals surface area (Å²) in [4.78, 5) is 17.8. The van der Waals surface area contributed by atoms with E-state index in [2.05, 4.69) is 9.98 Å². The lowest BCUT2D eigenvalue weighted by Crippen LogP contribution is -1.95. The smallest absolute Gasteiger partial charge is 0.339 e. The number of rotatable bonds is 3. The second-order valence-corrected chi connectivity index (χ2v) is 4.70. The van der Waals surface area contributed by atoms with Gasteiger partial charge in [-0.2, -0.15) is 0 Å². The zero-order valence-electron chi connectivity index (χ0n) is 11.3. The molecule has 0 saturated carbocycles. The van der Waals surface area contributed by atoms with Crippen LogP contribution in [0.15, 0.2) is 47.5 Å². The Bertz CT molecular complexity index is 896. The number of aromatic amines is 1. The number of carboxylic acids is 1. The number of aromatic hydroxyl groups is 2. The molecule has 0 aliphatic carbocycles. The molecule has 1 heterocycles. The summed E-state index contributed by atoms with van der Waals surface area (Å²) < 4.78 is 0. The Labute approximate surface area is 125 Å². The van der Waals surface area contributed by atoms with Crippen LogP contribution in [-0.4, -0.2) is 32.5 Å². The van der Waals surface area contributed by atoms with Crippen LogP contribution in [0.3, 0.4) is 0 Å². The highest BCUT2D eigenvalue weighted by Crippen LogP contribution is 2.27. The van der Waals surface area contributed by atoms with Crippen molar-refractivity contribution in [1.82, 2.24) is 4.98 Å². The van der Waals surface area contributed by atoms with Crippen molar-refractivity contribution >= 4 is 28.8 Å². The number of carboxylic acid groups (broad SMARTS) is 1. The average Bonchev–Trinajstić information content (AvgIpc) is 2.80. The number of para-hydroxylation sites is 1. The topological polar surface area (TPSA) is 106 Å². The molecule has 1 aromatic heterocycles. The summed E-state index contributed by atoms with van der Waals surface area (Å²) in [6.45, 7) is 0. The summed E-state index contributed by atoms with van der Waals surface area (Å²) in [6, 6.07) is 11.4. The summed E-state index contributed by atoms with van der Waals surface area (Å²) in [5, 5.41) is 29.2. The number of hydrogen-bond donors (Lipinski definition) is 4. The van der Waals surface area contributed by atoms with Gasteiger partial charge in [-0.25, -0.2) is 4.79 Å². The quantitative estimate of drug-likeness (QED) is 0.557. The van der Waals surface area contributed by atoms with E-state index in [1.807, 2.05) is 24.3 Å². The van der Waals surface area contributed by atoms with Crippen molar-refractivity contribution in [1.29, 1.82) is 0 Å². The van der Waals surface area contributed by atoms with Gasteiger partial charge in [-0.3, -0.25) is 4.99 Å². The summed E-state index contributed by atoms with van der Waals surface area (Å²) in [7, 11) is 0. The van der Waals surface area contributed by atoms with Crippen LogP contribution in [-0.2, 0) is 0 Å². The molecular weight excluding hydrogens is 284 g/mol. The van der Waals surface area contributed by atoms with Gasteiger partial charge in [-0.1, -0.05) is 18.2 Å². The number of aliphatic imine (C=N–C) groups is 1. The van der Waals surface area contributed by atoms with E-state index in [9.17, 15) is 15.0 Å². The minimum Gasteiger partial charge on any atom is -0.507 e. The van der Waals surface area contributed by atoms with Gasteiger partial charge in [0.15, 0.2) is 5.88 Å². The molecule has 3 aromatic rings. The third kappa shape index (κ3) is 2.37. The molecule has 0 aliphatic heterocycles. The molecule has 0 aliphatic rings. The van der Waals surface area contributed by atoms with Gasteiger partial charge in [-0.15, -0.1) is 0 Å². The van der Waals surface area contributed by atoms with Crippen molar-refractivity contribution in [3.63, 3.8) is 0 Å². The first kappa shape index (κ1) is 13.7. The standard InChI is InChI=1S/C16H12N2O4/c19-14-7-9(5-6-11(14)16(21)22)17-8-12-10-3-1-2-4-13(10)18-15(12)20/h1-8,18-20H,(H,21,22). The Morgan fingerprint density at radius 3 is 2.64 bits per heavy atom. The summed E-state index contributed by atoms with van der Waals surface area (Å²) in [5.41, 5.74) is 1.50. The minimum atomic E-state index is -1.21. The number of nitrogens with one attached hydrogen (secondary N) is 1. The monoisotopic (exact) mass is 296 g/mol. The van der Waals surface area contributed by atoms with Crippen molar-refractivity contribution in [2.75, 3.05) is 0 Å². The second kappa shape index (κ2) is 5.25.